The first-order valence-corrected chi connectivity index (χ1v) is 24.3. The first kappa shape index (κ1) is 36.1. The van der Waals surface area contributed by atoms with Gasteiger partial charge in [-0.1, -0.05) is 170 Å². The molecule has 10 aromatic carbocycles. The van der Waals surface area contributed by atoms with Gasteiger partial charge in [0.25, 0.3) is 0 Å². The molecule has 0 saturated heterocycles. The van der Waals surface area contributed by atoms with E-state index in [0.29, 0.717) is 0 Å². The highest BCUT2D eigenvalue weighted by Crippen LogP contribution is 2.41. The number of fused-ring (bicyclic) bond motifs is 12. The summed E-state index contributed by atoms with van der Waals surface area (Å²) in [6.07, 6.45) is 0. The van der Waals surface area contributed by atoms with Crippen LogP contribution in [0.4, 0.5) is 0 Å². The van der Waals surface area contributed by atoms with E-state index in [1.807, 2.05) is 0 Å². The summed E-state index contributed by atoms with van der Waals surface area (Å²) in [5, 5.41) is 12.6. The van der Waals surface area contributed by atoms with Gasteiger partial charge in [0.2, 0.25) is 0 Å². The number of rotatable bonds is 6. The summed E-state index contributed by atoms with van der Waals surface area (Å²) < 4.78 is 10.4. The smallest absolute Gasteiger partial charge is 0.340 e. The largest absolute Gasteiger partial charge is 0.342 e. The molecule has 0 spiro atoms. The molecular formula is C60H40N4Si. The quantitative estimate of drug-likeness (QED) is 0.149. The van der Waals surface area contributed by atoms with E-state index in [1.54, 1.807) is 0 Å². The van der Waals surface area contributed by atoms with Gasteiger partial charge in [-0.25, -0.2) is 0 Å². The molecule has 0 atom stereocenters. The Morgan fingerprint density at radius 3 is 0.815 bits per heavy atom. The summed E-state index contributed by atoms with van der Waals surface area (Å²) >= 11 is 0. The standard InChI is InChI=1S/C60H40N4Si/c1-3-19-43(20-4-1)65(44-21-5-2-6-22-44,63-57-33-17-11-27-49(57)51-39-41(35-37-59(51)63)61-53-29-13-7-23-45(53)46-24-8-14-30-54(46)61)64-58-34-18-12-28-50(58)52-40-42(36-38-60(52)64)62-55-31-15-9-25-47(55)48-26-10-16-32-56(48)62/h1-40H. The SMILES string of the molecule is c1ccc([Si](c2ccccc2)(n2c3ccccc3c3cc(-n4c5ccccc5c5ccccc54)ccc32)n2c3ccccc3c3cc(-n4c5ccccc5c5ccccc54)ccc32)cc1. The van der Waals surface area contributed by atoms with Crippen molar-refractivity contribution >= 4 is 106 Å². The Balaban J connectivity index is 1.12. The Morgan fingerprint density at radius 2 is 0.477 bits per heavy atom. The Morgan fingerprint density at radius 1 is 0.215 bits per heavy atom. The average Bonchev–Trinajstić information content (AvgIpc) is 4.11. The Bertz CT molecular complexity index is 3810. The molecule has 0 fully saturated rings. The van der Waals surface area contributed by atoms with Gasteiger partial charge < -0.3 is 17.6 Å². The minimum absolute atomic E-state index is 1.15. The molecule has 0 saturated carbocycles. The molecule has 0 bridgehead atoms. The van der Waals surface area contributed by atoms with Crippen LogP contribution in [0.5, 0.6) is 0 Å². The molecule has 0 radical (unpaired) electrons. The number of nitrogens with zero attached hydrogens (tertiary/aromatic N) is 4. The fraction of sp³-hybridized carbons (Fsp3) is 0. The third-order valence-corrected chi connectivity index (χ3v) is 18.5. The molecule has 65 heavy (non-hydrogen) atoms. The van der Waals surface area contributed by atoms with Crippen LogP contribution in [-0.2, 0) is 0 Å². The van der Waals surface area contributed by atoms with Crippen molar-refractivity contribution in [1.29, 1.82) is 0 Å². The average molecular weight is 845 g/mol. The van der Waals surface area contributed by atoms with Crippen molar-refractivity contribution in [2.75, 3.05) is 0 Å². The van der Waals surface area contributed by atoms with Crippen LogP contribution < -0.4 is 10.4 Å². The predicted octanol–water partition coefficient (Wildman–Crippen LogP) is 13.7. The maximum absolute atomic E-state index is 3.38. The molecule has 0 aliphatic carbocycles. The lowest BCUT2D eigenvalue weighted by atomic mass is 10.1. The number of para-hydroxylation sites is 6. The van der Waals surface area contributed by atoms with Crippen LogP contribution in [0, 0.1) is 0 Å². The second-order valence-electron chi connectivity index (χ2n) is 17.3. The van der Waals surface area contributed by atoms with Gasteiger partial charge in [-0.2, -0.15) is 0 Å². The molecule has 14 rings (SSSR count). The number of hydrogen-bond donors (Lipinski definition) is 0. The lowest BCUT2D eigenvalue weighted by Gasteiger charge is -2.38. The maximum Gasteiger partial charge on any atom is 0.340 e. The van der Waals surface area contributed by atoms with Crippen molar-refractivity contribution in [2.24, 2.45) is 0 Å². The molecule has 0 amide bonds. The number of benzene rings is 10. The van der Waals surface area contributed by atoms with Crippen molar-refractivity contribution in [1.82, 2.24) is 17.6 Å². The highest BCUT2D eigenvalue weighted by molar-refractivity contribution is 7.01. The first-order chi connectivity index (χ1) is 32.3. The molecule has 0 unspecified atom stereocenters. The topological polar surface area (TPSA) is 19.7 Å². The summed E-state index contributed by atoms with van der Waals surface area (Å²) in [5.74, 6) is 0. The molecule has 4 nitrogen and oxygen atoms in total. The zero-order valence-electron chi connectivity index (χ0n) is 35.4. The molecule has 0 N–H and O–H groups in total. The molecule has 0 aliphatic heterocycles. The third kappa shape index (κ3) is 4.96. The van der Waals surface area contributed by atoms with E-state index in [4.69, 9.17) is 0 Å². The molecule has 14 aromatic rings. The number of hydrogen-bond acceptors (Lipinski definition) is 0. The molecule has 4 aromatic heterocycles. The van der Waals surface area contributed by atoms with E-state index in [2.05, 4.69) is 260 Å². The molecule has 304 valence electrons. The maximum atomic E-state index is 2.77. The van der Waals surface area contributed by atoms with Crippen LogP contribution >= 0.6 is 0 Å². The Hall–Kier alpha value is -8.38. The van der Waals surface area contributed by atoms with E-state index >= 15 is 0 Å². The zero-order valence-corrected chi connectivity index (χ0v) is 36.4. The second kappa shape index (κ2) is 13.8. The fourth-order valence-electron chi connectivity index (χ4n) is 11.4. The monoisotopic (exact) mass is 844 g/mol. The van der Waals surface area contributed by atoms with Crippen molar-refractivity contribution in [3.05, 3.63) is 243 Å². The summed E-state index contributed by atoms with van der Waals surface area (Å²) in [7, 11) is -3.38. The normalized spacial score (nSPS) is 12.3. The van der Waals surface area contributed by atoms with Crippen LogP contribution in [0.15, 0.2) is 243 Å². The van der Waals surface area contributed by atoms with Gasteiger partial charge in [-0.3, -0.25) is 0 Å². The van der Waals surface area contributed by atoms with Gasteiger partial charge in [-0.05, 0) is 83.2 Å². The van der Waals surface area contributed by atoms with Crippen LogP contribution in [-0.4, -0.2) is 26.0 Å². The van der Waals surface area contributed by atoms with E-state index in [-0.39, 0.29) is 0 Å². The summed E-state index contributed by atoms with van der Waals surface area (Å²) in [4.78, 5) is 0. The van der Waals surface area contributed by atoms with Crippen LogP contribution in [0.25, 0.3) is 98.6 Å². The summed E-state index contributed by atoms with van der Waals surface area (Å²) in [6.45, 7) is 0. The third-order valence-electron chi connectivity index (χ3n) is 14.0. The molecule has 4 heterocycles. The Kier molecular flexibility index (Phi) is 7.68. The van der Waals surface area contributed by atoms with Gasteiger partial charge in [0.15, 0.2) is 0 Å². The van der Waals surface area contributed by atoms with Gasteiger partial charge in [0.05, 0.1) is 22.1 Å². The van der Waals surface area contributed by atoms with Crippen LogP contribution in [0.1, 0.15) is 0 Å². The summed E-state index contributed by atoms with van der Waals surface area (Å²) in [6, 6.07) is 90.4. The lowest BCUT2D eigenvalue weighted by molar-refractivity contribution is 1.14. The molecular weight excluding hydrogens is 805 g/mol. The molecule has 0 aliphatic rings. The zero-order chi connectivity index (χ0) is 42.6. The summed E-state index contributed by atoms with van der Waals surface area (Å²) in [5.41, 5.74) is 12.0. The number of aromatic nitrogens is 4. The first-order valence-electron chi connectivity index (χ1n) is 22.4. The van der Waals surface area contributed by atoms with E-state index < -0.39 is 8.40 Å². The van der Waals surface area contributed by atoms with E-state index in [9.17, 15) is 0 Å². The Labute approximate surface area is 375 Å². The van der Waals surface area contributed by atoms with Gasteiger partial charge in [0.1, 0.15) is 0 Å². The highest BCUT2D eigenvalue weighted by atomic mass is 28.3. The van der Waals surface area contributed by atoms with Crippen molar-refractivity contribution in [3.8, 4) is 11.4 Å². The minimum Gasteiger partial charge on any atom is -0.342 e. The second-order valence-corrected chi connectivity index (χ2v) is 20.6. The van der Waals surface area contributed by atoms with Gasteiger partial charge in [0, 0.05) is 76.5 Å². The minimum atomic E-state index is -3.38. The van der Waals surface area contributed by atoms with Gasteiger partial charge in [-0.15, -0.1) is 0 Å². The fourth-order valence-corrected chi connectivity index (χ4v) is 16.5. The van der Waals surface area contributed by atoms with Crippen molar-refractivity contribution < 1.29 is 0 Å². The molecule has 5 heteroatoms. The van der Waals surface area contributed by atoms with E-state index in [1.165, 1.54) is 97.6 Å². The van der Waals surface area contributed by atoms with Gasteiger partial charge >= 0.3 is 8.40 Å². The highest BCUT2D eigenvalue weighted by Gasteiger charge is 2.47. The van der Waals surface area contributed by atoms with Crippen LogP contribution in [0.2, 0.25) is 0 Å². The predicted molar refractivity (Wildman–Crippen MR) is 276 cm³/mol. The van der Waals surface area contributed by atoms with Crippen molar-refractivity contribution in [3.63, 3.8) is 0 Å². The van der Waals surface area contributed by atoms with Crippen LogP contribution in [0.3, 0.4) is 0 Å². The van der Waals surface area contributed by atoms with Crippen molar-refractivity contribution in [2.45, 2.75) is 0 Å². The lowest BCUT2D eigenvalue weighted by Crippen LogP contribution is -2.69. The van der Waals surface area contributed by atoms with E-state index in [0.717, 1.165) is 11.4 Å².